The third kappa shape index (κ3) is 3.97. The molecule has 138 valence electrons. The number of nitriles is 1. The summed E-state index contributed by atoms with van der Waals surface area (Å²) in [6.07, 6.45) is 0.876. The lowest BCUT2D eigenvalue weighted by molar-refractivity contribution is 0.206. The van der Waals surface area contributed by atoms with E-state index in [2.05, 4.69) is 23.5 Å². The van der Waals surface area contributed by atoms with Gasteiger partial charge in [0.15, 0.2) is 0 Å². The average Bonchev–Trinajstić information content (AvgIpc) is 2.75. The van der Waals surface area contributed by atoms with Gasteiger partial charge in [-0.2, -0.15) is 5.26 Å². The molecule has 5 nitrogen and oxygen atoms in total. The summed E-state index contributed by atoms with van der Waals surface area (Å²) < 4.78 is 5.76. The highest BCUT2D eigenvalue weighted by atomic mass is 16.5. The van der Waals surface area contributed by atoms with Gasteiger partial charge in [-0.05, 0) is 66.1 Å². The van der Waals surface area contributed by atoms with Gasteiger partial charge in [0, 0.05) is 18.8 Å². The van der Waals surface area contributed by atoms with Crippen LogP contribution in [0.5, 0.6) is 11.5 Å². The highest BCUT2D eigenvalue weighted by Crippen LogP contribution is 2.24. The van der Waals surface area contributed by atoms with Crippen LogP contribution in [0.2, 0.25) is 0 Å². The number of urea groups is 1. The van der Waals surface area contributed by atoms with Crippen LogP contribution in [0.1, 0.15) is 16.7 Å². The molecule has 1 aliphatic rings. The van der Waals surface area contributed by atoms with Crippen LogP contribution in [0.4, 0.5) is 10.5 Å². The number of fused-ring (bicyclic) bond motifs is 1. The number of anilines is 1. The Morgan fingerprint density at radius 2 is 1.57 bits per heavy atom. The molecular formula is C23H19N3O2. The molecule has 0 unspecified atom stereocenters. The van der Waals surface area contributed by atoms with Crippen molar-refractivity contribution in [2.45, 2.75) is 13.0 Å². The number of hydrogen-bond acceptors (Lipinski definition) is 3. The smallest absolute Gasteiger partial charge is 0.322 e. The van der Waals surface area contributed by atoms with Gasteiger partial charge in [-0.3, -0.25) is 0 Å². The summed E-state index contributed by atoms with van der Waals surface area (Å²) in [5.41, 5.74) is 3.83. The molecule has 0 spiro atoms. The Balaban J connectivity index is 1.36. The molecule has 3 aromatic rings. The molecule has 1 N–H and O–H groups in total. The average molecular weight is 369 g/mol. The molecule has 1 aliphatic heterocycles. The van der Waals surface area contributed by atoms with E-state index in [-0.39, 0.29) is 6.03 Å². The number of benzene rings is 3. The third-order valence-electron chi connectivity index (χ3n) is 4.74. The fraction of sp³-hybridized carbons (Fsp3) is 0.130. The van der Waals surface area contributed by atoms with Crippen LogP contribution in [-0.2, 0) is 13.0 Å². The van der Waals surface area contributed by atoms with E-state index in [1.807, 2.05) is 29.2 Å². The van der Waals surface area contributed by atoms with Crippen LogP contribution in [0.25, 0.3) is 0 Å². The first-order valence-electron chi connectivity index (χ1n) is 9.12. The monoisotopic (exact) mass is 369 g/mol. The zero-order chi connectivity index (χ0) is 19.3. The molecular weight excluding hydrogens is 350 g/mol. The van der Waals surface area contributed by atoms with Crippen molar-refractivity contribution in [1.82, 2.24) is 4.90 Å². The van der Waals surface area contributed by atoms with E-state index in [0.717, 1.165) is 12.1 Å². The topological polar surface area (TPSA) is 65.4 Å². The first-order chi connectivity index (χ1) is 13.7. The number of amides is 2. The van der Waals surface area contributed by atoms with E-state index < -0.39 is 0 Å². The van der Waals surface area contributed by atoms with E-state index in [9.17, 15) is 4.79 Å². The molecule has 1 heterocycles. The lowest BCUT2D eigenvalue weighted by atomic mass is 10.0. The second-order valence-corrected chi connectivity index (χ2v) is 6.63. The Morgan fingerprint density at radius 1 is 0.929 bits per heavy atom. The quantitative estimate of drug-likeness (QED) is 0.711. The molecule has 0 fully saturated rings. The minimum absolute atomic E-state index is 0.102. The van der Waals surface area contributed by atoms with Crippen molar-refractivity contribution in [3.05, 3.63) is 89.5 Å². The standard InChI is InChI=1S/C23H19N3O2/c24-15-17-5-9-21(10-6-17)28-22-11-7-20(8-12-22)25-23(27)26-14-13-18-3-1-2-4-19(18)16-26/h1-12H,13-14,16H2,(H,25,27). The maximum atomic E-state index is 12.6. The Labute approximate surface area is 163 Å². The van der Waals surface area contributed by atoms with Crippen molar-refractivity contribution >= 4 is 11.7 Å². The van der Waals surface area contributed by atoms with Crippen molar-refractivity contribution in [3.8, 4) is 17.6 Å². The molecule has 5 heteroatoms. The van der Waals surface area contributed by atoms with Crippen LogP contribution in [0.15, 0.2) is 72.8 Å². The molecule has 0 bridgehead atoms. The zero-order valence-electron chi connectivity index (χ0n) is 15.3. The van der Waals surface area contributed by atoms with Gasteiger partial charge >= 0.3 is 6.03 Å². The van der Waals surface area contributed by atoms with E-state index >= 15 is 0 Å². The van der Waals surface area contributed by atoms with E-state index in [4.69, 9.17) is 10.00 Å². The van der Waals surface area contributed by atoms with Gasteiger partial charge in [0.1, 0.15) is 11.5 Å². The second-order valence-electron chi connectivity index (χ2n) is 6.63. The SMILES string of the molecule is N#Cc1ccc(Oc2ccc(NC(=O)N3CCc4ccccc4C3)cc2)cc1. The van der Waals surface area contributed by atoms with Crippen LogP contribution >= 0.6 is 0 Å². The summed E-state index contributed by atoms with van der Waals surface area (Å²) in [7, 11) is 0. The second kappa shape index (κ2) is 7.85. The number of hydrogen-bond donors (Lipinski definition) is 1. The number of ether oxygens (including phenoxy) is 1. The van der Waals surface area contributed by atoms with Gasteiger partial charge in [-0.15, -0.1) is 0 Å². The van der Waals surface area contributed by atoms with Crippen LogP contribution < -0.4 is 10.1 Å². The molecule has 0 aromatic heterocycles. The van der Waals surface area contributed by atoms with Crippen LogP contribution in [-0.4, -0.2) is 17.5 Å². The molecule has 0 aliphatic carbocycles. The summed E-state index contributed by atoms with van der Waals surface area (Å²) >= 11 is 0. The number of carbonyl (C=O) groups excluding carboxylic acids is 1. The maximum Gasteiger partial charge on any atom is 0.322 e. The van der Waals surface area contributed by atoms with Crippen molar-refractivity contribution < 1.29 is 9.53 Å². The molecule has 28 heavy (non-hydrogen) atoms. The summed E-state index contributed by atoms with van der Waals surface area (Å²) in [6.45, 7) is 1.34. The van der Waals surface area contributed by atoms with Gasteiger partial charge in [0.2, 0.25) is 0 Å². The Hall–Kier alpha value is -3.78. The van der Waals surface area contributed by atoms with Gasteiger partial charge < -0.3 is 15.0 Å². The van der Waals surface area contributed by atoms with Crippen LogP contribution in [0, 0.1) is 11.3 Å². The summed E-state index contributed by atoms with van der Waals surface area (Å²) in [5, 5.41) is 11.8. The summed E-state index contributed by atoms with van der Waals surface area (Å²) in [6, 6.07) is 24.4. The first-order valence-corrected chi connectivity index (χ1v) is 9.12. The summed E-state index contributed by atoms with van der Waals surface area (Å²) in [4.78, 5) is 14.4. The molecule has 0 saturated heterocycles. The van der Waals surface area contributed by atoms with Gasteiger partial charge in [0.05, 0.1) is 11.6 Å². The minimum Gasteiger partial charge on any atom is -0.457 e. The van der Waals surface area contributed by atoms with E-state index in [1.165, 1.54) is 11.1 Å². The molecule has 0 saturated carbocycles. The van der Waals surface area contributed by atoms with Gasteiger partial charge in [0.25, 0.3) is 0 Å². The molecule has 2 amide bonds. The minimum atomic E-state index is -0.102. The Kier molecular flexibility index (Phi) is 4.94. The van der Waals surface area contributed by atoms with E-state index in [1.54, 1.807) is 36.4 Å². The summed E-state index contributed by atoms with van der Waals surface area (Å²) in [5.74, 6) is 1.32. The Morgan fingerprint density at radius 3 is 2.25 bits per heavy atom. The van der Waals surface area contributed by atoms with Crippen LogP contribution in [0.3, 0.4) is 0 Å². The molecule has 4 rings (SSSR count). The first kappa shape index (κ1) is 17.6. The zero-order valence-corrected chi connectivity index (χ0v) is 15.3. The number of nitrogens with zero attached hydrogens (tertiary/aromatic N) is 2. The highest BCUT2D eigenvalue weighted by molar-refractivity contribution is 5.89. The largest absolute Gasteiger partial charge is 0.457 e. The van der Waals surface area contributed by atoms with E-state index in [0.29, 0.717) is 30.2 Å². The van der Waals surface area contributed by atoms with Crippen molar-refractivity contribution in [1.29, 1.82) is 5.26 Å². The number of nitrogens with one attached hydrogen (secondary N) is 1. The predicted molar refractivity (Wildman–Crippen MR) is 107 cm³/mol. The fourth-order valence-electron chi connectivity index (χ4n) is 3.21. The highest BCUT2D eigenvalue weighted by Gasteiger charge is 2.20. The number of rotatable bonds is 3. The van der Waals surface area contributed by atoms with Gasteiger partial charge in [-0.25, -0.2) is 4.79 Å². The lowest BCUT2D eigenvalue weighted by Gasteiger charge is -2.29. The fourth-order valence-corrected chi connectivity index (χ4v) is 3.21. The maximum absolute atomic E-state index is 12.6. The predicted octanol–water partition coefficient (Wildman–Crippen LogP) is 4.94. The van der Waals surface area contributed by atoms with Gasteiger partial charge in [-0.1, -0.05) is 24.3 Å². The lowest BCUT2D eigenvalue weighted by Crippen LogP contribution is -2.38. The number of carbonyl (C=O) groups is 1. The third-order valence-corrected chi connectivity index (χ3v) is 4.74. The van der Waals surface area contributed by atoms with Crippen molar-refractivity contribution in [2.75, 3.05) is 11.9 Å². The molecule has 0 atom stereocenters. The molecule has 0 radical (unpaired) electrons. The normalized spacial score (nSPS) is 12.6. The molecule has 3 aromatic carbocycles. The Bertz CT molecular complexity index is 1020. The van der Waals surface area contributed by atoms with Crippen molar-refractivity contribution in [3.63, 3.8) is 0 Å². The van der Waals surface area contributed by atoms with Crippen molar-refractivity contribution in [2.24, 2.45) is 0 Å².